The van der Waals surface area contributed by atoms with Gasteiger partial charge < -0.3 is 10.5 Å². The van der Waals surface area contributed by atoms with E-state index in [1.165, 1.54) is 0 Å². The maximum atomic E-state index is 5.64. The van der Waals surface area contributed by atoms with Crippen LogP contribution in [0.5, 0.6) is 5.75 Å². The Kier molecular flexibility index (Phi) is 3.89. The molecule has 1 heterocycles. The SMILES string of the molecule is CCOc1ccccc1-c1nc(C)cc(CN)n1. The first-order valence-electron chi connectivity index (χ1n) is 6.01. The summed E-state index contributed by atoms with van der Waals surface area (Å²) >= 11 is 0. The van der Waals surface area contributed by atoms with Gasteiger partial charge in [0.25, 0.3) is 0 Å². The van der Waals surface area contributed by atoms with Crippen LogP contribution >= 0.6 is 0 Å². The molecule has 0 amide bonds. The van der Waals surface area contributed by atoms with Crippen LogP contribution in [0.2, 0.25) is 0 Å². The van der Waals surface area contributed by atoms with Crippen molar-refractivity contribution >= 4 is 0 Å². The van der Waals surface area contributed by atoms with Crippen LogP contribution in [0.3, 0.4) is 0 Å². The van der Waals surface area contributed by atoms with E-state index >= 15 is 0 Å². The second-order valence-electron chi connectivity index (χ2n) is 3.96. The normalized spacial score (nSPS) is 10.4. The lowest BCUT2D eigenvalue weighted by atomic mass is 10.1. The molecule has 0 radical (unpaired) electrons. The minimum Gasteiger partial charge on any atom is -0.493 e. The van der Waals surface area contributed by atoms with Gasteiger partial charge in [0.1, 0.15) is 5.75 Å². The van der Waals surface area contributed by atoms with Crippen molar-refractivity contribution in [3.63, 3.8) is 0 Å². The first-order chi connectivity index (χ1) is 8.74. The van der Waals surface area contributed by atoms with Gasteiger partial charge in [0.05, 0.1) is 17.9 Å². The molecule has 18 heavy (non-hydrogen) atoms. The van der Waals surface area contributed by atoms with Crippen LogP contribution < -0.4 is 10.5 Å². The molecule has 2 N–H and O–H groups in total. The van der Waals surface area contributed by atoms with Gasteiger partial charge in [0.2, 0.25) is 0 Å². The Morgan fingerprint density at radius 1 is 1.22 bits per heavy atom. The quantitative estimate of drug-likeness (QED) is 0.895. The van der Waals surface area contributed by atoms with Gasteiger partial charge in [0, 0.05) is 12.2 Å². The first kappa shape index (κ1) is 12.5. The third-order valence-electron chi connectivity index (χ3n) is 2.54. The van der Waals surface area contributed by atoms with Gasteiger partial charge in [-0.3, -0.25) is 0 Å². The zero-order valence-corrected chi connectivity index (χ0v) is 10.7. The van der Waals surface area contributed by atoms with Crippen molar-refractivity contribution in [2.24, 2.45) is 5.73 Å². The van der Waals surface area contributed by atoms with E-state index in [-0.39, 0.29) is 0 Å². The number of nitrogens with zero attached hydrogens (tertiary/aromatic N) is 2. The van der Waals surface area contributed by atoms with Crippen molar-refractivity contribution in [3.05, 3.63) is 41.7 Å². The summed E-state index contributed by atoms with van der Waals surface area (Å²) in [6, 6.07) is 9.67. The van der Waals surface area contributed by atoms with Crippen molar-refractivity contribution in [1.82, 2.24) is 9.97 Å². The zero-order valence-electron chi connectivity index (χ0n) is 10.7. The van der Waals surface area contributed by atoms with Crippen LogP contribution in [-0.2, 0) is 6.54 Å². The number of para-hydroxylation sites is 1. The van der Waals surface area contributed by atoms with Crippen molar-refractivity contribution < 1.29 is 4.74 Å². The van der Waals surface area contributed by atoms with Crippen LogP contribution in [0.15, 0.2) is 30.3 Å². The molecule has 0 bridgehead atoms. The Labute approximate surface area is 107 Å². The summed E-state index contributed by atoms with van der Waals surface area (Å²) in [6.07, 6.45) is 0. The molecule has 0 fully saturated rings. The fourth-order valence-electron chi connectivity index (χ4n) is 1.79. The lowest BCUT2D eigenvalue weighted by Crippen LogP contribution is -2.04. The molecule has 0 aliphatic rings. The third-order valence-corrected chi connectivity index (χ3v) is 2.54. The van der Waals surface area contributed by atoms with Gasteiger partial charge in [-0.2, -0.15) is 0 Å². The number of aryl methyl sites for hydroxylation is 1. The lowest BCUT2D eigenvalue weighted by molar-refractivity contribution is 0.341. The summed E-state index contributed by atoms with van der Waals surface area (Å²) in [6.45, 7) is 4.92. The standard InChI is InChI=1S/C14H17N3O/c1-3-18-13-7-5-4-6-12(13)14-16-10(2)8-11(9-15)17-14/h4-8H,3,9,15H2,1-2H3. The summed E-state index contributed by atoms with van der Waals surface area (Å²) in [5.41, 5.74) is 8.29. The van der Waals surface area contributed by atoms with Gasteiger partial charge in [-0.1, -0.05) is 12.1 Å². The minimum absolute atomic E-state index is 0.410. The van der Waals surface area contributed by atoms with Gasteiger partial charge >= 0.3 is 0 Å². The Balaban J connectivity index is 2.50. The van der Waals surface area contributed by atoms with Gasteiger partial charge in [-0.05, 0) is 32.0 Å². The maximum absolute atomic E-state index is 5.64. The number of nitrogens with two attached hydrogens (primary N) is 1. The maximum Gasteiger partial charge on any atom is 0.163 e. The molecule has 2 rings (SSSR count). The fraction of sp³-hybridized carbons (Fsp3) is 0.286. The molecule has 1 aromatic heterocycles. The second kappa shape index (κ2) is 5.60. The highest BCUT2D eigenvalue weighted by Crippen LogP contribution is 2.27. The smallest absolute Gasteiger partial charge is 0.163 e. The van der Waals surface area contributed by atoms with E-state index in [9.17, 15) is 0 Å². The predicted octanol–water partition coefficient (Wildman–Crippen LogP) is 2.31. The molecule has 1 aromatic carbocycles. The number of hydrogen-bond acceptors (Lipinski definition) is 4. The number of rotatable bonds is 4. The molecule has 0 saturated carbocycles. The molecule has 2 aromatic rings. The molecule has 4 nitrogen and oxygen atoms in total. The molecular formula is C14H17N3O. The van der Waals surface area contributed by atoms with Gasteiger partial charge in [-0.25, -0.2) is 9.97 Å². The van der Waals surface area contributed by atoms with Gasteiger partial charge in [-0.15, -0.1) is 0 Å². The number of aromatic nitrogens is 2. The largest absolute Gasteiger partial charge is 0.493 e. The number of hydrogen-bond donors (Lipinski definition) is 1. The molecule has 0 saturated heterocycles. The van der Waals surface area contributed by atoms with E-state index in [4.69, 9.17) is 10.5 Å². The summed E-state index contributed by atoms with van der Waals surface area (Å²) < 4.78 is 5.59. The van der Waals surface area contributed by atoms with Crippen LogP contribution in [0.25, 0.3) is 11.4 Å². The van der Waals surface area contributed by atoms with Crippen molar-refractivity contribution in [2.75, 3.05) is 6.61 Å². The Bertz CT molecular complexity index is 540. The Hall–Kier alpha value is -1.94. The first-order valence-corrected chi connectivity index (χ1v) is 6.01. The number of benzene rings is 1. The zero-order chi connectivity index (χ0) is 13.0. The Morgan fingerprint density at radius 3 is 2.72 bits per heavy atom. The van der Waals surface area contributed by atoms with E-state index in [2.05, 4.69) is 9.97 Å². The third kappa shape index (κ3) is 2.65. The molecule has 0 aliphatic carbocycles. The lowest BCUT2D eigenvalue weighted by Gasteiger charge is -2.10. The summed E-state index contributed by atoms with van der Waals surface area (Å²) in [7, 11) is 0. The topological polar surface area (TPSA) is 61.0 Å². The monoisotopic (exact) mass is 243 g/mol. The average molecular weight is 243 g/mol. The van der Waals surface area contributed by atoms with Crippen molar-refractivity contribution in [2.45, 2.75) is 20.4 Å². The molecular weight excluding hydrogens is 226 g/mol. The molecule has 0 spiro atoms. The summed E-state index contributed by atoms with van der Waals surface area (Å²) in [5, 5.41) is 0. The van der Waals surface area contributed by atoms with E-state index in [1.807, 2.05) is 44.2 Å². The van der Waals surface area contributed by atoms with E-state index in [0.717, 1.165) is 22.7 Å². The molecule has 0 atom stereocenters. The number of ether oxygens (including phenoxy) is 1. The average Bonchev–Trinajstić information content (AvgIpc) is 2.39. The van der Waals surface area contributed by atoms with Crippen LogP contribution in [0.1, 0.15) is 18.3 Å². The molecule has 0 aliphatic heterocycles. The van der Waals surface area contributed by atoms with Crippen LogP contribution in [0, 0.1) is 6.92 Å². The minimum atomic E-state index is 0.410. The predicted molar refractivity (Wildman–Crippen MR) is 71.3 cm³/mol. The van der Waals surface area contributed by atoms with E-state index < -0.39 is 0 Å². The highest BCUT2D eigenvalue weighted by atomic mass is 16.5. The Morgan fingerprint density at radius 2 is 2.00 bits per heavy atom. The second-order valence-corrected chi connectivity index (χ2v) is 3.96. The van der Waals surface area contributed by atoms with Crippen LogP contribution in [0.4, 0.5) is 0 Å². The van der Waals surface area contributed by atoms with Gasteiger partial charge in [0.15, 0.2) is 5.82 Å². The van der Waals surface area contributed by atoms with E-state index in [1.54, 1.807) is 0 Å². The van der Waals surface area contributed by atoms with E-state index in [0.29, 0.717) is 19.0 Å². The molecule has 0 unspecified atom stereocenters. The van der Waals surface area contributed by atoms with Crippen molar-refractivity contribution in [3.8, 4) is 17.1 Å². The highest BCUT2D eigenvalue weighted by Gasteiger charge is 2.09. The summed E-state index contributed by atoms with van der Waals surface area (Å²) in [5.74, 6) is 1.47. The highest BCUT2D eigenvalue weighted by molar-refractivity contribution is 5.64. The molecule has 94 valence electrons. The molecule has 4 heteroatoms. The fourth-order valence-corrected chi connectivity index (χ4v) is 1.79. The van der Waals surface area contributed by atoms with Crippen LogP contribution in [-0.4, -0.2) is 16.6 Å². The summed E-state index contributed by atoms with van der Waals surface area (Å²) in [4.78, 5) is 8.90. The van der Waals surface area contributed by atoms with Crippen molar-refractivity contribution in [1.29, 1.82) is 0 Å².